The average Bonchev–Trinajstić information content (AvgIpc) is 3.09. The average molecular weight is 328 g/mol. The fourth-order valence-corrected chi connectivity index (χ4v) is 3.50. The van der Waals surface area contributed by atoms with E-state index in [2.05, 4.69) is 39.5 Å². The third kappa shape index (κ3) is 3.30. The summed E-state index contributed by atoms with van der Waals surface area (Å²) in [5.41, 5.74) is 2.88. The van der Waals surface area contributed by atoms with Crippen molar-refractivity contribution in [2.75, 3.05) is 26.7 Å². The number of nitrogens with zero attached hydrogens (tertiary/aromatic N) is 3. The van der Waals surface area contributed by atoms with Gasteiger partial charge in [0.1, 0.15) is 5.75 Å². The molecule has 1 aromatic heterocycles. The first-order chi connectivity index (χ1) is 11.8. The van der Waals surface area contributed by atoms with Crippen molar-refractivity contribution in [2.45, 2.75) is 38.3 Å². The van der Waals surface area contributed by atoms with E-state index in [9.17, 15) is 0 Å². The van der Waals surface area contributed by atoms with Crippen molar-refractivity contribution < 1.29 is 9.26 Å². The Morgan fingerprint density at radius 1 is 1.29 bits per heavy atom. The van der Waals surface area contributed by atoms with Gasteiger partial charge < -0.3 is 14.6 Å². The minimum atomic E-state index is 0.167. The Morgan fingerprint density at radius 3 is 3.04 bits per heavy atom. The summed E-state index contributed by atoms with van der Waals surface area (Å²) in [7, 11) is 2.09. The second-order valence-electron chi connectivity index (χ2n) is 6.67. The van der Waals surface area contributed by atoms with E-state index in [-0.39, 0.29) is 6.04 Å². The van der Waals surface area contributed by atoms with Crippen LogP contribution in [0.5, 0.6) is 5.75 Å². The number of piperazine rings is 1. The molecule has 0 radical (unpaired) electrons. The Kier molecular flexibility index (Phi) is 4.49. The normalized spacial score (nSPS) is 21.5. The van der Waals surface area contributed by atoms with Gasteiger partial charge in [-0.1, -0.05) is 11.2 Å². The third-order valence-electron chi connectivity index (χ3n) is 4.98. The number of hydrogen-bond donors (Lipinski definition) is 1. The second kappa shape index (κ2) is 6.91. The summed E-state index contributed by atoms with van der Waals surface area (Å²) in [4.78, 5) is 6.75. The van der Waals surface area contributed by atoms with Crippen LogP contribution in [0.3, 0.4) is 0 Å². The molecule has 128 valence electrons. The van der Waals surface area contributed by atoms with Gasteiger partial charge in [-0.3, -0.25) is 4.90 Å². The smallest absolute Gasteiger partial charge is 0.264 e. The lowest BCUT2D eigenvalue weighted by molar-refractivity contribution is 0.189. The molecule has 1 saturated heterocycles. The molecule has 1 aliphatic carbocycles. The predicted octanol–water partition coefficient (Wildman–Crippen LogP) is 2.10. The number of rotatable bonds is 4. The van der Waals surface area contributed by atoms with Crippen molar-refractivity contribution in [1.82, 2.24) is 20.4 Å². The lowest BCUT2D eigenvalue weighted by atomic mass is 9.92. The fraction of sp³-hybridized carbons (Fsp3) is 0.556. The van der Waals surface area contributed by atoms with Crippen LogP contribution in [0.15, 0.2) is 22.7 Å². The largest absolute Gasteiger partial charge is 0.484 e. The Morgan fingerprint density at radius 2 is 2.17 bits per heavy atom. The highest BCUT2D eigenvalue weighted by molar-refractivity contribution is 5.37. The maximum Gasteiger partial charge on any atom is 0.264 e. The molecule has 24 heavy (non-hydrogen) atoms. The zero-order chi connectivity index (χ0) is 16.4. The highest BCUT2D eigenvalue weighted by Crippen LogP contribution is 2.26. The monoisotopic (exact) mass is 328 g/mol. The van der Waals surface area contributed by atoms with Crippen molar-refractivity contribution >= 4 is 0 Å². The zero-order valence-electron chi connectivity index (χ0n) is 14.1. The summed E-state index contributed by atoms with van der Waals surface area (Å²) in [6, 6.07) is 6.55. The minimum Gasteiger partial charge on any atom is -0.484 e. The van der Waals surface area contributed by atoms with Crippen LogP contribution in [0.4, 0.5) is 0 Å². The summed E-state index contributed by atoms with van der Waals surface area (Å²) in [6.07, 6.45) is 4.90. The molecular formula is C18H24N4O2. The zero-order valence-corrected chi connectivity index (χ0v) is 14.1. The summed E-state index contributed by atoms with van der Waals surface area (Å²) in [5, 5.41) is 7.49. The fourth-order valence-electron chi connectivity index (χ4n) is 3.50. The molecule has 1 aliphatic heterocycles. The van der Waals surface area contributed by atoms with Gasteiger partial charge in [0.25, 0.3) is 5.89 Å². The van der Waals surface area contributed by atoms with Crippen LogP contribution in [0, 0.1) is 0 Å². The molecule has 1 aromatic carbocycles. The summed E-state index contributed by atoms with van der Waals surface area (Å²) < 4.78 is 11.2. The topological polar surface area (TPSA) is 63.4 Å². The van der Waals surface area contributed by atoms with Gasteiger partial charge in [-0.15, -0.1) is 0 Å². The molecule has 1 unspecified atom stereocenters. The molecule has 6 heteroatoms. The molecule has 0 amide bonds. The molecule has 2 heterocycles. The number of benzene rings is 1. The van der Waals surface area contributed by atoms with Gasteiger partial charge in [-0.05, 0) is 56.0 Å². The molecule has 2 aromatic rings. The number of fused-ring (bicyclic) bond motifs is 1. The highest BCUT2D eigenvalue weighted by atomic mass is 16.5. The van der Waals surface area contributed by atoms with Crippen LogP contribution in [0.25, 0.3) is 0 Å². The maximum atomic E-state index is 5.86. The van der Waals surface area contributed by atoms with E-state index in [4.69, 9.17) is 9.26 Å². The van der Waals surface area contributed by atoms with Crippen LogP contribution in [0.1, 0.15) is 41.7 Å². The number of hydrogen-bond acceptors (Lipinski definition) is 6. The van der Waals surface area contributed by atoms with Crippen LogP contribution in [-0.4, -0.2) is 41.7 Å². The van der Waals surface area contributed by atoms with Crippen molar-refractivity contribution in [2.24, 2.45) is 0 Å². The van der Waals surface area contributed by atoms with Gasteiger partial charge in [0.15, 0.2) is 12.4 Å². The first kappa shape index (κ1) is 15.6. The van der Waals surface area contributed by atoms with Crippen molar-refractivity contribution in [3.8, 4) is 5.75 Å². The first-order valence-electron chi connectivity index (χ1n) is 8.77. The van der Waals surface area contributed by atoms with E-state index < -0.39 is 0 Å². The van der Waals surface area contributed by atoms with Gasteiger partial charge >= 0.3 is 0 Å². The van der Waals surface area contributed by atoms with Crippen molar-refractivity contribution in [3.05, 3.63) is 41.0 Å². The van der Waals surface area contributed by atoms with E-state index in [1.54, 1.807) is 0 Å². The number of aromatic nitrogens is 2. The quantitative estimate of drug-likeness (QED) is 0.927. The van der Waals surface area contributed by atoms with Crippen LogP contribution < -0.4 is 10.1 Å². The minimum absolute atomic E-state index is 0.167. The van der Waals surface area contributed by atoms with E-state index in [1.165, 1.54) is 30.4 Å². The summed E-state index contributed by atoms with van der Waals surface area (Å²) in [5.74, 6) is 2.14. The number of ether oxygens (including phenoxy) is 1. The van der Waals surface area contributed by atoms with Gasteiger partial charge in [0.05, 0.1) is 6.04 Å². The summed E-state index contributed by atoms with van der Waals surface area (Å²) in [6.45, 7) is 3.15. The molecule has 0 spiro atoms. The van der Waals surface area contributed by atoms with E-state index in [1.807, 2.05) is 6.07 Å². The van der Waals surface area contributed by atoms with Crippen molar-refractivity contribution in [1.29, 1.82) is 0 Å². The molecule has 0 bridgehead atoms. The predicted molar refractivity (Wildman–Crippen MR) is 90.0 cm³/mol. The van der Waals surface area contributed by atoms with E-state index >= 15 is 0 Å². The standard InChI is InChI=1S/C18H24N4O2/c1-22-9-8-19-11-16(22)18-20-17(24-21-18)12-23-15-7-6-13-4-2-3-5-14(13)10-15/h6-7,10,16,19H,2-5,8-9,11-12H2,1H3. The number of likely N-dealkylation sites (N-methyl/N-ethyl adjacent to an activating group) is 1. The SMILES string of the molecule is CN1CCNCC1c1noc(COc2ccc3c(c2)CCCC3)n1. The Balaban J connectivity index is 1.39. The molecule has 4 rings (SSSR count). The maximum absolute atomic E-state index is 5.86. The van der Waals surface area contributed by atoms with Crippen LogP contribution in [-0.2, 0) is 19.4 Å². The van der Waals surface area contributed by atoms with Gasteiger partial charge in [-0.25, -0.2) is 0 Å². The highest BCUT2D eigenvalue weighted by Gasteiger charge is 2.25. The molecule has 2 aliphatic rings. The number of nitrogens with one attached hydrogen (secondary N) is 1. The van der Waals surface area contributed by atoms with Gasteiger partial charge in [0, 0.05) is 19.6 Å². The van der Waals surface area contributed by atoms with E-state index in [0.717, 1.165) is 37.6 Å². The molecular weight excluding hydrogens is 304 g/mol. The molecule has 0 saturated carbocycles. The Bertz CT molecular complexity index is 700. The molecule has 1 fully saturated rings. The first-order valence-corrected chi connectivity index (χ1v) is 8.77. The summed E-state index contributed by atoms with van der Waals surface area (Å²) >= 11 is 0. The van der Waals surface area contributed by atoms with E-state index in [0.29, 0.717) is 12.5 Å². The number of aryl methyl sites for hydroxylation is 2. The Labute approximate surface area is 142 Å². The molecule has 6 nitrogen and oxygen atoms in total. The Hall–Kier alpha value is -1.92. The lowest BCUT2D eigenvalue weighted by Gasteiger charge is -2.30. The van der Waals surface area contributed by atoms with Gasteiger partial charge in [-0.2, -0.15) is 4.98 Å². The van der Waals surface area contributed by atoms with Crippen LogP contribution >= 0.6 is 0 Å². The molecule has 1 N–H and O–H groups in total. The second-order valence-corrected chi connectivity index (χ2v) is 6.67. The lowest BCUT2D eigenvalue weighted by Crippen LogP contribution is -2.44. The van der Waals surface area contributed by atoms with Crippen LogP contribution in [0.2, 0.25) is 0 Å². The molecule has 1 atom stereocenters. The third-order valence-corrected chi connectivity index (χ3v) is 4.98. The van der Waals surface area contributed by atoms with Gasteiger partial charge in [0.2, 0.25) is 0 Å². The van der Waals surface area contributed by atoms with Crippen molar-refractivity contribution in [3.63, 3.8) is 0 Å².